The van der Waals surface area contributed by atoms with Gasteiger partial charge in [-0.05, 0) is 36.5 Å². The number of aromatic nitrogens is 4. The fourth-order valence-corrected chi connectivity index (χ4v) is 3.22. The smallest absolute Gasteiger partial charge is 0.316 e. The van der Waals surface area contributed by atoms with E-state index in [9.17, 15) is 0 Å². The standard InChI is InChI=1S/C19H17N5O/c1-2-5-12(6-3-1)16(13-8-9-13)22-19-24-23-18(25-19)15-11-21-17-14(15)7-4-10-20-17/h1-7,10-11,13,16H,8-9H2,(H,20,21)(H,22,24)/t16-/m0/s1. The van der Waals surface area contributed by atoms with E-state index in [1.165, 1.54) is 18.4 Å². The van der Waals surface area contributed by atoms with Crippen LogP contribution in [0.1, 0.15) is 24.4 Å². The predicted octanol–water partition coefficient (Wildman–Crippen LogP) is 4.18. The fraction of sp³-hybridized carbons (Fsp3) is 0.211. The van der Waals surface area contributed by atoms with Crippen molar-refractivity contribution in [2.24, 2.45) is 5.92 Å². The minimum Gasteiger partial charge on any atom is -0.403 e. The van der Waals surface area contributed by atoms with E-state index in [-0.39, 0.29) is 6.04 Å². The highest BCUT2D eigenvalue weighted by molar-refractivity contribution is 5.90. The molecular weight excluding hydrogens is 314 g/mol. The van der Waals surface area contributed by atoms with Gasteiger partial charge in [-0.1, -0.05) is 35.4 Å². The van der Waals surface area contributed by atoms with Crippen LogP contribution in [0.5, 0.6) is 0 Å². The molecule has 3 aromatic heterocycles. The minimum absolute atomic E-state index is 0.208. The van der Waals surface area contributed by atoms with Gasteiger partial charge in [0.05, 0.1) is 11.6 Å². The third-order valence-corrected chi connectivity index (χ3v) is 4.64. The predicted molar refractivity (Wildman–Crippen MR) is 94.9 cm³/mol. The number of fused-ring (bicyclic) bond motifs is 1. The maximum absolute atomic E-state index is 5.88. The topological polar surface area (TPSA) is 79.6 Å². The molecule has 0 saturated heterocycles. The van der Waals surface area contributed by atoms with Gasteiger partial charge in [-0.2, -0.15) is 0 Å². The van der Waals surface area contributed by atoms with Crippen molar-refractivity contribution in [3.63, 3.8) is 0 Å². The molecule has 0 bridgehead atoms. The average molecular weight is 331 g/mol. The van der Waals surface area contributed by atoms with E-state index in [1.807, 2.05) is 24.4 Å². The summed E-state index contributed by atoms with van der Waals surface area (Å²) in [5, 5.41) is 12.8. The van der Waals surface area contributed by atoms with Gasteiger partial charge in [0.1, 0.15) is 5.65 Å². The Balaban J connectivity index is 1.44. The first kappa shape index (κ1) is 14.2. The molecule has 0 aliphatic heterocycles. The minimum atomic E-state index is 0.208. The Kier molecular flexibility index (Phi) is 3.26. The lowest BCUT2D eigenvalue weighted by Crippen LogP contribution is -2.13. The highest BCUT2D eigenvalue weighted by Crippen LogP contribution is 2.42. The summed E-state index contributed by atoms with van der Waals surface area (Å²) in [5.74, 6) is 1.11. The summed E-state index contributed by atoms with van der Waals surface area (Å²) in [5.41, 5.74) is 2.93. The Bertz CT molecular complexity index is 1000. The van der Waals surface area contributed by atoms with Gasteiger partial charge in [-0.3, -0.25) is 0 Å². The molecule has 1 fully saturated rings. The van der Waals surface area contributed by atoms with Crippen molar-refractivity contribution >= 4 is 17.0 Å². The van der Waals surface area contributed by atoms with Gasteiger partial charge in [0.2, 0.25) is 0 Å². The van der Waals surface area contributed by atoms with Crippen LogP contribution in [0, 0.1) is 5.92 Å². The van der Waals surface area contributed by atoms with Crippen LogP contribution in [0.3, 0.4) is 0 Å². The zero-order chi connectivity index (χ0) is 16.6. The molecule has 25 heavy (non-hydrogen) atoms. The Hall–Kier alpha value is -3.15. The molecule has 3 heterocycles. The van der Waals surface area contributed by atoms with Gasteiger partial charge in [-0.15, -0.1) is 5.10 Å². The van der Waals surface area contributed by atoms with Gasteiger partial charge in [0.15, 0.2) is 0 Å². The first-order valence-corrected chi connectivity index (χ1v) is 8.46. The summed E-state index contributed by atoms with van der Waals surface area (Å²) >= 11 is 0. The molecular formula is C19H17N5O. The Morgan fingerprint density at radius 1 is 1.08 bits per heavy atom. The summed E-state index contributed by atoms with van der Waals surface area (Å²) < 4.78 is 5.88. The van der Waals surface area contributed by atoms with Gasteiger partial charge in [0.25, 0.3) is 5.89 Å². The highest BCUT2D eigenvalue weighted by Gasteiger charge is 2.33. The van der Waals surface area contributed by atoms with Crippen LogP contribution in [0.25, 0.3) is 22.5 Å². The molecule has 124 valence electrons. The third-order valence-electron chi connectivity index (χ3n) is 4.64. The van der Waals surface area contributed by atoms with Crippen LogP contribution in [0.2, 0.25) is 0 Å². The number of pyridine rings is 1. The molecule has 1 aliphatic carbocycles. The molecule has 2 N–H and O–H groups in total. The maximum atomic E-state index is 5.88. The zero-order valence-electron chi connectivity index (χ0n) is 13.5. The Morgan fingerprint density at radius 3 is 2.80 bits per heavy atom. The van der Waals surface area contributed by atoms with Crippen molar-refractivity contribution in [2.75, 3.05) is 5.32 Å². The highest BCUT2D eigenvalue weighted by atomic mass is 16.4. The maximum Gasteiger partial charge on any atom is 0.316 e. The molecule has 6 heteroatoms. The van der Waals surface area contributed by atoms with Crippen LogP contribution in [0.4, 0.5) is 6.01 Å². The SMILES string of the molecule is c1ccc([C@H](Nc2nnc(-c3c[nH]c4ncccc34)o2)C2CC2)cc1. The molecule has 1 aliphatic rings. The van der Waals surface area contributed by atoms with Crippen molar-refractivity contribution in [3.05, 3.63) is 60.4 Å². The molecule has 0 radical (unpaired) electrons. The molecule has 1 atom stereocenters. The van der Waals surface area contributed by atoms with Gasteiger partial charge >= 0.3 is 6.01 Å². The van der Waals surface area contributed by atoms with Crippen LogP contribution < -0.4 is 5.32 Å². The number of nitrogens with zero attached hydrogens (tertiary/aromatic N) is 3. The molecule has 0 spiro atoms. The molecule has 1 saturated carbocycles. The lowest BCUT2D eigenvalue weighted by molar-refractivity contribution is 0.556. The van der Waals surface area contributed by atoms with Crippen molar-refractivity contribution in [3.8, 4) is 11.5 Å². The lowest BCUT2D eigenvalue weighted by Gasteiger charge is -2.16. The molecule has 6 nitrogen and oxygen atoms in total. The van der Waals surface area contributed by atoms with Gasteiger partial charge < -0.3 is 14.7 Å². The largest absolute Gasteiger partial charge is 0.403 e. The van der Waals surface area contributed by atoms with E-state index >= 15 is 0 Å². The van der Waals surface area contributed by atoms with Gasteiger partial charge in [-0.25, -0.2) is 4.98 Å². The number of nitrogens with one attached hydrogen (secondary N) is 2. The molecule has 5 rings (SSSR count). The second-order valence-electron chi connectivity index (χ2n) is 6.38. The molecule has 4 aromatic rings. The third kappa shape index (κ3) is 2.65. The number of benzene rings is 1. The number of anilines is 1. The van der Waals surface area contributed by atoms with E-state index in [0.29, 0.717) is 17.8 Å². The monoisotopic (exact) mass is 331 g/mol. The average Bonchev–Trinajstić information content (AvgIpc) is 3.24. The summed E-state index contributed by atoms with van der Waals surface area (Å²) in [4.78, 5) is 7.42. The van der Waals surface area contributed by atoms with E-state index in [2.05, 4.69) is 49.7 Å². The van der Waals surface area contributed by atoms with Crippen molar-refractivity contribution in [1.29, 1.82) is 0 Å². The summed E-state index contributed by atoms with van der Waals surface area (Å²) in [6, 6.07) is 15.0. The first-order chi connectivity index (χ1) is 12.4. The summed E-state index contributed by atoms with van der Waals surface area (Å²) in [7, 11) is 0. The normalized spacial score (nSPS) is 15.4. The van der Waals surface area contributed by atoms with Crippen molar-refractivity contribution in [2.45, 2.75) is 18.9 Å². The summed E-state index contributed by atoms with van der Waals surface area (Å²) in [6.45, 7) is 0. The molecule has 0 amide bonds. The van der Waals surface area contributed by atoms with Crippen LogP contribution in [0.15, 0.2) is 59.3 Å². The summed E-state index contributed by atoms with van der Waals surface area (Å²) in [6.07, 6.45) is 6.05. The number of aromatic amines is 1. The van der Waals surface area contributed by atoms with E-state index in [4.69, 9.17) is 4.42 Å². The Morgan fingerprint density at radius 2 is 1.96 bits per heavy atom. The lowest BCUT2D eigenvalue weighted by atomic mass is 10.0. The first-order valence-electron chi connectivity index (χ1n) is 8.46. The molecule has 0 unspecified atom stereocenters. The second-order valence-corrected chi connectivity index (χ2v) is 6.38. The number of rotatable bonds is 5. The van der Waals surface area contributed by atoms with Crippen molar-refractivity contribution in [1.82, 2.24) is 20.2 Å². The van der Waals surface area contributed by atoms with Crippen LogP contribution >= 0.6 is 0 Å². The fourth-order valence-electron chi connectivity index (χ4n) is 3.22. The van der Waals surface area contributed by atoms with Gasteiger partial charge in [0, 0.05) is 17.8 Å². The second kappa shape index (κ2) is 5.73. The quantitative estimate of drug-likeness (QED) is 0.573. The van der Waals surface area contributed by atoms with Crippen LogP contribution in [-0.4, -0.2) is 20.2 Å². The van der Waals surface area contributed by atoms with E-state index in [1.54, 1.807) is 6.20 Å². The van der Waals surface area contributed by atoms with Crippen LogP contribution in [-0.2, 0) is 0 Å². The number of hydrogen-bond acceptors (Lipinski definition) is 5. The zero-order valence-corrected chi connectivity index (χ0v) is 13.5. The van der Waals surface area contributed by atoms with Crippen molar-refractivity contribution < 1.29 is 4.42 Å². The molecule has 1 aromatic carbocycles. The number of H-pyrrole nitrogens is 1. The van der Waals surface area contributed by atoms with E-state index < -0.39 is 0 Å². The number of hydrogen-bond donors (Lipinski definition) is 2. The van der Waals surface area contributed by atoms with E-state index in [0.717, 1.165) is 16.6 Å². The Labute approximate surface area is 144 Å².